The summed E-state index contributed by atoms with van der Waals surface area (Å²) < 4.78 is 23.1. The first kappa shape index (κ1) is 20.4. The van der Waals surface area contributed by atoms with Crippen LogP contribution >= 0.6 is 0 Å². The van der Waals surface area contributed by atoms with Gasteiger partial charge in [-0.2, -0.15) is 0 Å². The quantitative estimate of drug-likeness (QED) is 0.720. The summed E-state index contributed by atoms with van der Waals surface area (Å²) in [5, 5.41) is 2.59. The molecule has 2 rings (SSSR count). The van der Waals surface area contributed by atoms with Gasteiger partial charge in [0, 0.05) is 6.54 Å². The van der Waals surface area contributed by atoms with Gasteiger partial charge in [-0.25, -0.2) is 9.18 Å². The smallest absolute Gasteiger partial charge is 0.344 e. The number of rotatable bonds is 8. The number of hydrogen-bond acceptors (Lipinski definition) is 4. The van der Waals surface area contributed by atoms with E-state index < -0.39 is 18.5 Å². The van der Waals surface area contributed by atoms with E-state index in [1.807, 2.05) is 25.1 Å². The number of carbonyl (C=O) groups is 2. The monoisotopic (exact) mass is 373 g/mol. The Morgan fingerprint density at radius 1 is 1.07 bits per heavy atom. The van der Waals surface area contributed by atoms with E-state index in [0.29, 0.717) is 11.7 Å². The van der Waals surface area contributed by atoms with Gasteiger partial charge < -0.3 is 14.8 Å². The summed E-state index contributed by atoms with van der Waals surface area (Å²) in [4.78, 5) is 23.4. The molecule has 1 amide bonds. The minimum absolute atomic E-state index is 0.231. The average Bonchev–Trinajstić information content (AvgIpc) is 2.64. The van der Waals surface area contributed by atoms with E-state index >= 15 is 0 Å². The minimum atomic E-state index is -0.627. The standard InChI is InChI=1S/C21H24FNO4/c1-14(2)19-9-8-18(10-15(19)3)26-13-21(25)27-12-20(24)23-11-16-4-6-17(22)7-5-16/h4-10,14H,11-13H2,1-3H3,(H,23,24). The summed E-state index contributed by atoms with van der Waals surface area (Å²) in [6, 6.07) is 11.4. The van der Waals surface area contributed by atoms with Gasteiger partial charge in [-0.15, -0.1) is 0 Å². The maximum absolute atomic E-state index is 12.8. The van der Waals surface area contributed by atoms with Crippen LogP contribution in [0, 0.1) is 12.7 Å². The molecule has 0 heterocycles. The van der Waals surface area contributed by atoms with Crippen LogP contribution in [0.5, 0.6) is 5.75 Å². The molecule has 0 fully saturated rings. The first-order valence-corrected chi connectivity index (χ1v) is 8.75. The molecular formula is C21H24FNO4. The van der Waals surface area contributed by atoms with Crippen molar-refractivity contribution >= 4 is 11.9 Å². The number of amides is 1. The lowest BCUT2D eigenvalue weighted by Gasteiger charge is -2.12. The SMILES string of the molecule is Cc1cc(OCC(=O)OCC(=O)NCc2ccc(F)cc2)ccc1C(C)C. The van der Waals surface area contributed by atoms with E-state index in [1.165, 1.54) is 17.7 Å². The highest BCUT2D eigenvalue weighted by Gasteiger charge is 2.10. The number of benzene rings is 2. The zero-order chi connectivity index (χ0) is 19.8. The zero-order valence-electron chi connectivity index (χ0n) is 15.8. The largest absolute Gasteiger partial charge is 0.482 e. The van der Waals surface area contributed by atoms with Crippen LogP contribution in [0.1, 0.15) is 36.5 Å². The fraction of sp³-hybridized carbons (Fsp3) is 0.333. The Labute approximate surface area is 158 Å². The second-order valence-corrected chi connectivity index (χ2v) is 6.53. The molecule has 0 unspecified atom stereocenters. The van der Waals surface area contributed by atoms with Crippen LogP contribution in [0.4, 0.5) is 4.39 Å². The highest BCUT2D eigenvalue weighted by molar-refractivity contribution is 5.80. The van der Waals surface area contributed by atoms with Gasteiger partial charge in [-0.05, 0) is 53.8 Å². The summed E-state index contributed by atoms with van der Waals surface area (Å²) in [6.45, 7) is 5.78. The fourth-order valence-electron chi connectivity index (χ4n) is 2.57. The second kappa shape index (κ2) is 9.71. The predicted molar refractivity (Wildman–Crippen MR) is 100.0 cm³/mol. The molecule has 6 heteroatoms. The lowest BCUT2D eigenvalue weighted by molar-refractivity contribution is -0.150. The van der Waals surface area contributed by atoms with Crippen LogP contribution in [0.2, 0.25) is 0 Å². The molecule has 0 bridgehead atoms. The predicted octanol–water partition coefficient (Wildman–Crippen LogP) is 3.50. The number of hydrogen-bond donors (Lipinski definition) is 1. The first-order chi connectivity index (χ1) is 12.8. The molecule has 0 atom stereocenters. The van der Waals surface area contributed by atoms with Gasteiger partial charge in [0.05, 0.1) is 0 Å². The van der Waals surface area contributed by atoms with Crippen molar-refractivity contribution in [3.8, 4) is 5.75 Å². The number of nitrogens with one attached hydrogen (secondary N) is 1. The molecule has 27 heavy (non-hydrogen) atoms. The first-order valence-electron chi connectivity index (χ1n) is 8.75. The van der Waals surface area contributed by atoms with Gasteiger partial charge in [0.2, 0.25) is 0 Å². The van der Waals surface area contributed by atoms with E-state index in [4.69, 9.17) is 9.47 Å². The Morgan fingerprint density at radius 2 is 1.78 bits per heavy atom. The van der Waals surface area contributed by atoms with E-state index in [2.05, 4.69) is 19.2 Å². The highest BCUT2D eigenvalue weighted by atomic mass is 19.1. The Balaban J connectivity index is 1.70. The Bertz CT molecular complexity index is 787. The molecule has 0 aliphatic carbocycles. The maximum Gasteiger partial charge on any atom is 0.344 e. The Hall–Kier alpha value is -2.89. The number of aryl methyl sites for hydroxylation is 1. The molecule has 0 radical (unpaired) electrons. The van der Waals surface area contributed by atoms with Crippen LogP contribution in [0.3, 0.4) is 0 Å². The molecule has 5 nitrogen and oxygen atoms in total. The number of esters is 1. The van der Waals surface area contributed by atoms with Gasteiger partial charge in [0.25, 0.3) is 5.91 Å². The Kier molecular flexibility index (Phi) is 7.34. The molecule has 0 spiro atoms. The average molecular weight is 373 g/mol. The van der Waals surface area contributed by atoms with Crippen molar-refractivity contribution in [2.75, 3.05) is 13.2 Å². The summed E-state index contributed by atoms with van der Waals surface area (Å²) >= 11 is 0. The van der Waals surface area contributed by atoms with E-state index in [0.717, 1.165) is 11.1 Å². The van der Waals surface area contributed by atoms with Crippen molar-refractivity contribution in [2.24, 2.45) is 0 Å². The summed E-state index contributed by atoms with van der Waals surface area (Å²) in [5.74, 6) is -0.414. The van der Waals surface area contributed by atoms with E-state index in [-0.39, 0.29) is 19.0 Å². The van der Waals surface area contributed by atoms with Gasteiger partial charge in [-0.1, -0.05) is 32.0 Å². The molecular weight excluding hydrogens is 349 g/mol. The topological polar surface area (TPSA) is 64.6 Å². The number of carbonyl (C=O) groups excluding carboxylic acids is 2. The summed E-state index contributed by atoms with van der Waals surface area (Å²) in [6.07, 6.45) is 0. The highest BCUT2D eigenvalue weighted by Crippen LogP contribution is 2.23. The number of halogens is 1. The summed E-state index contributed by atoms with van der Waals surface area (Å²) in [7, 11) is 0. The lowest BCUT2D eigenvalue weighted by Crippen LogP contribution is -2.29. The lowest BCUT2D eigenvalue weighted by atomic mass is 9.98. The van der Waals surface area contributed by atoms with Crippen LogP contribution in [0.25, 0.3) is 0 Å². The molecule has 0 aliphatic rings. The van der Waals surface area contributed by atoms with Crippen LogP contribution in [0.15, 0.2) is 42.5 Å². The van der Waals surface area contributed by atoms with Gasteiger partial charge in [-0.3, -0.25) is 4.79 Å². The van der Waals surface area contributed by atoms with Crippen LogP contribution in [-0.4, -0.2) is 25.1 Å². The third-order valence-electron chi connectivity index (χ3n) is 3.99. The van der Waals surface area contributed by atoms with E-state index in [9.17, 15) is 14.0 Å². The van der Waals surface area contributed by atoms with Gasteiger partial charge >= 0.3 is 5.97 Å². The molecule has 1 N–H and O–H groups in total. The van der Waals surface area contributed by atoms with Crippen molar-refractivity contribution in [3.63, 3.8) is 0 Å². The molecule has 144 valence electrons. The van der Waals surface area contributed by atoms with Crippen molar-refractivity contribution in [2.45, 2.75) is 33.2 Å². The van der Waals surface area contributed by atoms with Crippen molar-refractivity contribution < 1.29 is 23.5 Å². The van der Waals surface area contributed by atoms with Crippen molar-refractivity contribution in [1.29, 1.82) is 0 Å². The number of ether oxygens (including phenoxy) is 2. The van der Waals surface area contributed by atoms with Crippen LogP contribution < -0.4 is 10.1 Å². The van der Waals surface area contributed by atoms with Crippen molar-refractivity contribution in [3.05, 3.63) is 65.0 Å². The minimum Gasteiger partial charge on any atom is -0.482 e. The zero-order valence-corrected chi connectivity index (χ0v) is 15.8. The third-order valence-corrected chi connectivity index (χ3v) is 3.99. The molecule has 0 aliphatic heterocycles. The molecule has 0 aromatic heterocycles. The van der Waals surface area contributed by atoms with Crippen molar-refractivity contribution in [1.82, 2.24) is 5.32 Å². The van der Waals surface area contributed by atoms with E-state index in [1.54, 1.807) is 12.1 Å². The van der Waals surface area contributed by atoms with Gasteiger partial charge in [0.15, 0.2) is 13.2 Å². The Morgan fingerprint density at radius 3 is 2.41 bits per heavy atom. The van der Waals surface area contributed by atoms with Crippen LogP contribution in [-0.2, 0) is 20.9 Å². The maximum atomic E-state index is 12.8. The molecule has 2 aromatic carbocycles. The van der Waals surface area contributed by atoms with Gasteiger partial charge in [0.1, 0.15) is 11.6 Å². The summed E-state index contributed by atoms with van der Waals surface area (Å²) in [5.41, 5.74) is 3.07. The molecule has 2 aromatic rings. The second-order valence-electron chi connectivity index (χ2n) is 6.53. The molecule has 0 saturated carbocycles. The fourth-order valence-corrected chi connectivity index (χ4v) is 2.57. The normalized spacial score (nSPS) is 10.6. The third kappa shape index (κ3) is 6.73. The molecule has 0 saturated heterocycles.